The molecule has 13 heteroatoms. The SMILES string of the molecule is Cc1ccc(Cn2ccc(C(=O)c3cncnc3C[C@@H]3C[C@H](COS(N)(=O)=O)[C@@H](O)[C@H]3O)n2)cc1F. The molecule has 4 N–H and O–H groups in total. The predicted molar refractivity (Wildman–Crippen MR) is 124 cm³/mol. The van der Waals surface area contributed by atoms with Crippen molar-refractivity contribution in [3.63, 3.8) is 0 Å². The molecule has 3 aromatic rings. The van der Waals surface area contributed by atoms with Crippen molar-refractivity contribution >= 4 is 16.1 Å². The summed E-state index contributed by atoms with van der Waals surface area (Å²) in [5.41, 5.74) is 1.92. The quantitative estimate of drug-likeness (QED) is 0.341. The van der Waals surface area contributed by atoms with Crippen molar-refractivity contribution in [2.45, 2.75) is 38.5 Å². The average Bonchev–Trinajstić information content (AvgIpc) is 3.40. The van der Waals surface area contributed by atoms with Crippen LogP contribution in [0.5, 0.6) is 0 Å². The first kappa shape index (κ1) is 26.0. The first-order chi connectivity index (χ1) is 17.0. The van der Waals surface area contributed by atoms with Crippen LogP contribution in [0.1, 0.15) is 39.3 Å². The number of aryl methyl sites for hydroxylation is 1. The molecule has 1 aliphatic rings. The van der Waals surface area contributed by atoms with Gasteiger partial charge in [0, 0.05) is 18.3 Å². The van der Waals surface area contributed by atoms with E-state index in [2.05, 4.69) is 19.2 Å². The van der Waals surface area contributed by atoms with Gasteiger partial charge in [-0.1, -0.05) is 12.1 Å². The molecule has 4 rings (SSSR count). The Balaban J connectivity index is 1.47. The fourth-order valence-corrected chi connectivity index (χ4v) is 4.73. The lowest BCUT2D eigenvalue weighted by Crippen LogP contribution is -2.31. The van der Waals surface area contributed by atoms with E-state index < -0.39 is 40.1 Å². The molecule has 0 radical (unpaired) electrons. The van der Waals surface area contributed by atoms with Gasteiger partial charge in [-0.2, -0.15) is 13.5 Å². The van der Waals surface area contributed by atoms with Crippen LogP contribution in [-0.2, 0) is 27.5 Å². The van der Waals surface area contributed by atoms with E-state index in [-0.39, 0.29) is 43.1 Å². The molecule has 11 nitrogen and oxygen atoms in total. The minimum Gasteiger partial charge on any atom is -0.390 e. The number of nitrogens with two attached hydrogens (primary N) is 1. The third kappa shape index (κ3) is 5.99. The summed E-state index contributed by atoms with van der Waals surface area (Å²) in [5, 5.41) is 30.0. The number of nitrogens with zero attached hydrogens (tertiary/aromatic N) is 4. The van der Waals surface area contributed by atoms with Gasteiger partial charge in [0.2, 0.25) is 5.78 Å². The van der Waals surface area contributed by atoms with E-state index in [1.165, 1.54) is 23.3 Å². The zero-order chi connectivity index (χ0) is 26.0. The summed E-state index contributed by atoms with van der Waals surface area (Å²) in [6, 6.07) is 6.42. The van der Waals surface area contributed by atoms with Crippen molar-refractivity contribution < 1.29 is 32.0 Å². The van der Waals surface area contributed by atoms with E-state index in [4.69, 9.17) is 5.14 Å². The molecular weight excluding hydrogens is 493 g/mol. The number of hydrogen-bond acceptors (Lipinski definition) is 9. The first-order valence-electron chi connectivity index (χ1n) is 11.2. The summed E-state index contributed by atoms with van der Waals surface area (Å²) in [6.45, 7) is 1.58. The lowest BCUT2D eigenvalue weighted by molar-refractivity contribution is -0.00334. The molecule has 0 unspecified atom stereocenters. The molecule has 1 aromatic carbocycles. The van der Waals surface area contributed by atoms with Gasteiger partial charge in [0.1, 0.15) is 17.8 Å². The Hall–Kier alpha value is -3.10. The lowest BCUT2D eigenvalue weighted by Gasteiger charge is -2.17. The van der Waals surface area contributed by atoms with Crippen LogP contribution in [0.4, 0.5) is 4.39 Å². The van der Waals surface area contributed by atoms with Crippen LogP contribution in [0.3, 0.4) is 0 Å². The van der Waals surface area contributed by atoms with Crippen LogP contribution in [0.15, 0.2) is 43.0 Å². The zero-order valence-corrected chi connectivity index (χ0v) is 20.2. The van der Waals surface area contributed by atoms with E-state index in [0.29, 0.717) is 16.8 Å². The molecule has 1 saturated carbocycles. The van der Waals surface area contributed by atoms with Gasteiger partial charge < -0.3 is 10.2 Å². The van der Waals surface area contributed by atoms with Gasteiger partial charge in [-0.05, 0) is 48.9 Å². The number of ketones is 1. The normalized spacial score (nSPS) is 22.1. The third-order valence-electron chi connectivity index (χ3n) is 6.32. The molecule has 0 aliphatic heterocycles. The first-order valence-corrected chi connectivity index (χ1v) is 12.6. The number of halogens is 1. The maximum Gasteiger partial charge on any atom is 0.333 e. The van der Waals surface area contributed by atoms with Crippen molar-refractivity contribution in [3.05, 3.63) is 76.9 Å². The number of benzene rings is 1. The summed E-state index contributed by atoms with van der Waals surface area (Å²) in [5.74, 6) is -1.92. The van der Waals surface area contributed by atoms with E-state index in [0.717, 1.165) is 0 Å². The molecule has 36 heavy (non-hydrogen) atoms. The number of hydrogen-bond donors (Lipinski definition) is 3. The minimum atomic E-state index is -4.19. The highest BCUT2D eigenvalue weighted by Gasteiger charge is 2.42. The molecule has 192 valence electrons. The second kappa shape index (κ2) is 10.5. The second-order valence-corrected chi connectivity index (χ2v) is 10.1. The van der Waals surface area contributed by atoms with E-state index in [1.54, 1.807) is 31.3 Å². The minimum absolute atomic E-state index is 0.136. The number of aromatic nitrogens is 4. The Morgan fingerprint density at radius 2 is 2.00 bits per heavy atom. The van der Waals surface area contributed by atoms with Crippen LogP contribution >= 0.6 is 0 Å². The molecular formula is C23H26FN5O6S. The van der Waals surface area contributed by atoms with Crippen LogP contribution in [-0.4, -0.2) is 63.0 Å². The van der Waals surface area contributed by atoms with Crippen molar-refractivity contribution in [1.29, 1.82) is 0 Å². The summed E-state index contributed by atoms with van der Waals surface area (Å²) >= 11 is 0. The Morgan fingerprint density at radius 1 is 1.25 bits per heavy atom. The summed E-state index contributed by atoms with van der Waals surface area (Å²) in [7, 11) is -4.19. The van der Waals surface area contributed by atoms with Crippen molar-refractivity contribution in [2.24, 2.45) is 17.0 Å². The van der Waals surface area contributed by atoms with Gasteiger partial charge in [0.25, 0.3) is 0 Å². The number of aliphatic hydroxyl groups excluding tert-OH is 2. The van der Waals surface area contributed by atoms with Gasteiger partial charge in [-0.25, -0.2) is 19.5 Å². The van der Waals surface area contributed by atoms with Crippen molar-refractivity contribution in [2.75, 3.05) is 6.61 Å². The fraction of sp³-hybridized carbons (Fsp3) is 0.391. The van der Waals surface area contributed by atoms with Gasteiger partial charge in [-0.15, -0.1) is 0 Å². The number of aliphatic hydroxyl groups is 2. The summed E-state index contributed by atoms with van der Waals surface area (Å²) in [4.78, 5) is 21.3. The van der Waals surface area contributed by atoms with Gasteiger partial charge in [0.15, 0.2) is 0 Å². The van der Waals surface area contributed by atoms with Gasteiger partial charge in [0.05, 0.1) is 36.6 Å². The average molecular weight is 520 g/mol. The van der Waals surface area contributed by atoms with Crippen molar-refractivity contribution in [3.8, 4) is 0 Å². The second-order valence-electron chi connectivity index (χ2n) is 8.91. The Kier molecular flexibility index (Phi) is 7.57. The Morgan fingerprint density at radius 3 is 2.72 bits per heavy atom. The maximum atomic E-state index is 13.8. The predicted octanol–water partition coefficient (Wildman–Crippen LogP) is 0.520. The highest BCUT2D eigenvalue weighted by molar-refractivity contribution is 7.84. The molecule has 2 heterocycles. The Bertz CT molecular complexity index is 1360. The third-order valence-corrected chi connectivity index (χ3v) is 6.78. The highest BCUT2D eigenvalue weighted by Crippen LogP contribution is 2.35. The molecule has 0 bridgehead atoms. The van der Waals surface area contributed by atoms with Crippen LogP contribution in [0.25, 0.3) is 0 Å². The molecule has 2 aromatic heterocycles. The zero-order valence-electron chi connectivity index (χ0n) is 19.4. The van der Waals surface area contributed by atoms with Crippen LogP contribution < -0.4 is 5.14 Å². The van der Waals surface area contributed by atoms with E-state index >= 15 is 0 Å². The smallest absolute Gasteiger partial charge is 0.333 e. The lowest BCUT2D eigenvalue weighted by atomic mass is 9.95. The number of carbonyl (C=O) groups is 1. The summed E-state index contributed by atoms with van der Waals surface area (Å²) in [6.07, 6.45) is 2.22. The number of rotatable bonds is 9. The van der Waals surface area contributed by atoms with Gasteiger partial charge in [-0.3, -0.25) is 13.7 Å². The fourth-order valence-electron chi connectivity index (χ4n) is 4.36. The standard InChI is InChI=1S/C23H26FN5O6S/c1-13-2-3-14(6-18(13)24)10-29-5-4-19(28-29)23(32)17-9-26-12-27-20(17)8-15-7-16(22(31)21(15)30)11-35-36(25,33)34/h2-6,9,12,15-16,21-22,30-31H,7-8,10-11H2,1H3,(H2,25,33,34)/t15-,16+,21-,22+/m0/s1. The number of carbonyl (C=O) groups excluding carboxylic acids is 1. The van der Waals surface area contributed by atoms with E-state index in [9.17, 15) is 27.8 Å². The molecule has 0 amide bonds. The summed E-state index contributed by atoms with van der Waals surface area (Å²) < 4.78 is 42.1. The Labute approximate surface area is 207 Å². The largest absolute Gasteiger partial charge is 0.390 e. The molecule has 0 saturated heterocycles. The van der Waals surface area contributed by atoms with Crippen LogP contribution in [0.2, 0.25) is 0 Å². The molecule has 1 fully saturated rings. The van der Waals surface area contributed by atoms with Gasteiger partial charge >= 0.3 is 10.3 Å². The highest BCUT2D eigenvalue weighted by atomic mass is 32.2. The van der Waals surface area contributed by atoms with E-state index in [1.807, 2.05) is 0 Å². The maximum absolute atomic E-state index is 13.8. The van der Waals surface area contributed by atoms with Crippen LogP contribution in [0, 0.1) is 24.6 Å². The molecule has 0 spiro atoms. The monoisotopic (exact) mass is 519 g/mol. The molecule has 1 aliphatic carbocycles. The molecule has 4 atom stereocenters. The van der Waals surface area contributed by atoms with Crippen molar-refractivity contribution in [1.82, 2.24) is 19.7 Å². The topological polar surface area (TPSA) is 171 Å².